The van der Waals surface area contributed by atoms with E-state index >= 15 is 0 Å². The summed E-state index contributed by atoms with van der Waals surface area (Å²) in [5.41, 5.74) is 0. The normalized spacial score (nSPS) is 15.7. The summed E-state index contributed by atoms with van der Waals surface area (Å²) < 4.78 is 0. The molecular formula is C4H7ClO. The van der Waals surface area contributed by atoms with Crippen LogP contribution >= 0.6 is 11.6 Å². The molecule has 0 radical (unpaired) electrons. The largest absolute Gasteiger partial charge is 0.516 e. The second-order valence-electron chi connectivity index (χ2n) is 1.02. The van der Waals surface area contributed by atoms with Gasteiger partial charge in [-0.1, -0.05) is 0 Å². The highest BCUT2D eigenvalue weighted by Gasteiger charge is 1.81. The summed E-state index contributed by atoms with van der Waals surface area (Å²) in [5, 5.41) is 7.91. The van der Waals surface area contributed by atoms with Gasteiger partial charge in [0.1, 0.15) is 0 Å². The summed E-state index contributed by atoms with van der Waals surface area (Å²) in [4.78, 5) is 0. The van der Waals surface area contributed by atoms with E-state index in [0.717, 1.165) is 6.26 Å². The van der Waals surface area contributed by atoms with Gasteiger partial charge in [-0.15, -0.1) is 11.6 Å². The molecule has 1 nitrogen and oxygen atoms in total. The van der Waals surface area contributed by atoms with Crippen LogP contribution in [0.5, 0.6) is 0 Å². The lowest BCUT2D eigenvalue weighted by molar-refractivity contribution is 0.471. The fourth-order valence-corrected chi connectivity index (χ4v) is 0.184. The predicted octanol–water partition coefficient (Wildman–Crippen LogP) is 1.69. The molecule has 0 saturated carbocycles. The minimum Gasteiger partial charge on any atom is -0.516 e. The molecule has 0 fully saturated rings. The molecule has 0 aromatic carbocycles. The fourth-order valence-electron chi connectivity index (χ4n) is 0.119. The molecule has 0 heterocycles. The van der Waals surface area contributed by atoms with Gasteiger partial charge in [-0.25, -0.2) is 0 Å². The number of hydrogen-bond acceptors (Lipinski definition) is 1. The molecule has 0 aromatic heterocycles. The standard InChI is InChI=1S/C4H7ClO/c1-4(5)2-3-6/h2-4,6H,1H3. The van der Waals surface area contributed by atoms with Gasteiger partial charge in [-0.2, -0.15) is 0 Å². The van der Waals surface area contributed by atoms with Crippen LogP contribution in [0.4, 0.5) is 0 Å². The first-order valence-corrected chi connectivity index (χ1v) is 2.16. The van der Waals surface area contributed by atoms with Gasteiger partial charge in [-0.3, -0.25) is 0 Å². The van der Waals surface area contributed by atoms with Crippen LogP contribution in [0.3, 0.4) is 0 Å². The van der Waals surface area contributed by atoms with Gasteiger partial charge in [-0.05, 0) is 13.0 Å². The minimum absolute atomic E-state index is 0.0602. The van der Waals surface area contributed by atoms with Crippen LogP contribution in [-0.2, 0) is 0 Å². The van der Waals surface area contributed by atoms with E-state index in [-0.39, 0.29) is 5.38 Å². The lowest BCUT2D eigenvalue weighted by Gasteiger charge is -1.83. The monoisotopic (exact) mass is 106 g/mol. The molecule has 2 heteroatoms. The van der Waals surface area contributed by atoms with E-state index < -0.39 is 0 Å². The molecule has 0 bridgehead atoms. The van der Waals surface area contributed by atoms with Gasteiger partial charge >= 0.3 is 0 Å². The van der Waals surface area contributed by atoms with Gasteiger partial charge in [0.15, 0.2) is 0 Å². The number of aliphatic hydroxyl groups excluding tert-OH is 1. The first kappa shape index (κ1) is 5.83. The topological polar surface area (TPSA) is 20.2 Å². The fraction of sp³-hybridized carbons (Fsp3) is 0.500. The highest BCUT2D eigenvalue weighted by Crippen LogP contribution is 1.91. The van der Waals surface area contributed by atoms with Crippen molar-refractivity contribution in [3.8, 4) is 0 Å². The molecule has 6 heavy (non-hydrogen) atoms. The Bertz CT molecular complexity index is 49.5. The lowest BCUT2D eigenvalue weighted by Crippen LogP contribution is -1.78. The van der Waals surface area contributed by atoms with Gasteiger partial charge in [0.2, 0.25) is 0 Å². The molecule has 0 saturated heterocycles. The third-order valence-electron chi connectivity index (χ3n) is 0.351. The summed E-state index contributed by atoms with van der Waals surface area (Å²) in [6, 6.07) is 0. The molecule has 1 unspecified atom stereocenters. The van der Waals surface area contributed by atoms with Gasteiger partial charge in [0.25, 0.3) is 0 Å². The van der Waals surface area contributed by atoms with Crippen LogP contribution in [0, 0.1) is 0 Å². The maximum Gasteiger partial charge on any atom is 0.0766 e. The summed E-state index contributed by atoms with van der Waals surface area (Å²) in [7, 11) is 0. The molecule has 0 aliphatic carbocycles. The Hall–Kier alpha value is -0.170. The quantitative estimate of drug-likeness (QED) is 0.398. The maximum absolute atomic E-state index is 7.97. The van der Waals surface area contributed by atoms with E-state index in [2.05, 4.69) is 0 Å². The average Bonchev–Trinajstić information content (AvgIpc) is 1.35. The Morgan fingerprint density at radius 1 is 1.83 bits per heavy atom. The smallest absolute Gasteiger partial charge is 0.0766 e. The van der Waals surface area contributed by atoms with E-state index in [1.54, 1.807) is 6.92 Å². The molecule has 1 N–H and O–H groups in total. The van der Waals surface area contributed by atoms with Crippen molar-refractivity contribution in [2.24, 2.45) is 0 Å². The van der Waals surface area contributed by atoms with Crippen molar-refractivity contribution in [1.82, 2.24) is 0 Å². The molecule has 0 spiro atoms. The zero-order valence-electron chi connectivity index (χ0n) is 3.56. The third kappa shape index (κ3) is 3.83. The predicted molar refractivity (Wildman–Crippen MR) is 27.1 cm³/mol. The Balaban J connectivity index is 3.03. The average molecular weight is 107 g/mol. The number of aliphatic hydroxyl groups is 1. The number of allylic oxidation sites excluding steroid dienone is 1. The van der Waals surface area contributed by atoms with Crippen LogP contribution < -0.4 is 0 Å². The van der Waals surface area contributed by atoms with Crippen LogP contribution in [0.2, 0.25) is 0 Å². The van der Waals surface area contributed by atoms with Crippen molar-refractivity contribution in [2.75, 3.05) is 0 Å². The maximum atomic E-state index is 7.97. The summed E-state index contributed by atoms with van der Waals surface area (Å²) in [6.45, 7) is 1.77. The lowest BCUT2D eigenvalue weighted by atomic mass is 10.5. The second-order valence-corrected chi connectivity index (χ2v) is 1.71. The second kappa shape index (κ2) is 3.04. The molecule has 0 amide bonds. The SMILES string of the molecule is CC(Cl)C=CO. The third-order valence-corrected chi connectivity index (χ3v) is 0.497. The van der Waals surface area contributed by atoms with Crippen LogP contribution in [0.1, 0.15) is 6.92 Å². The molecule has 1 atom stereocenters. The molecule has 36 valence electrons. The van der Waals surface area contributed by atoms with Gasteiger partial charge < -0.3 is 5.11 Å². The van der Waals surface area contributed by atoms with E-state index in [9.17, 15) is 0 Å². The van der Waals surface area contributed by atoms with E-state index in [0.29, 0.717) is 0 Å². The molecule has 0 rings (SSSR count). The van der Waals surface area contributed by atoms with Crippen molar-refractivity contribution < 1.29 is 5.11 Å². The number of hydrogen-bond donors (Lipinski definition) is 1. The van der Waals surface area contributed by atoms with Crippen LogP contribution in [0.15, 0.2) is 12.3 Å². The van der Waals surface area contributed by atoms with Crippen molar-refractivity contribution in [2.45, 2.75) is 12.3 Å². The highest BCUT2D eigenvalue weighted by atomic mass is 35.5. The van der Waals surface area contributed by atoms with E-state index in [1.165, 1.54) is 6.08 Å². The van der Waals surface area contributed by atoms with E-state index in [4.69, 9.17) is 16.7 Å². The van der Waals surface area contributed by atoms with Crippen molar-refractivity contribution >= 4 is 11.6 Å². The zero-order valence-corrected chi connectivity index (χ0v) is 4.31. The van der Waals surface area contributed by atoms with Crippen LogP contribution in [-0.4, -0.2) is 10.5 Å². The van der Waals surface area contributed by atoms with Gasteiger partial charge in [0, 0.05) is 0 Å². The molecule has 0 aliphatic rings. The first-order chi connectivity index (χ1) is 2.77. The molecule has 0 aliphatic heterocycles. The van der Waals surface area contributed by atoms with Crippen molar-refractivity contribution in [3.63, 3.8) is 0 Å². The minimum atomic E-state index is -0.0602. The van der Waals surface area contributed by atoms with Crippen molar-refractivity contribution in [1.29, 1.82) is 0 Å². The molecule has 0 aromatic rings. The summed E-state index contributed by atoms with van der Waals surface area (Å²) in [5.74, 6) is 0. The Morgan fingerprint density at radius 2 is 2.33 bits per heavy atom. The number of rotatable bonds is 1. The van der Waals surface area contributed by atoms with E-state index in [1.807, 2.05) is 0 Å². The zero-order chi connectivity index (χ0) is 4.99. The van der Waals surface area contributed by atoms with Crippen molar-refractivity contribution in [3.05, 3.63) is 12.3 Å². The molecular weight excluding hydrogens is 99.5 g/mol. The number of halogens is 1. The Morgan fingerprint density at radius 3 is 2.33 bits per heavy atom. The summed E-state index contributed by atoms with van der Waals surface area (Å²) >= 11 is 5.33. The Kier molecular flexibility index (Phi) is 2.95. The first-order valence-electron chi connectivity index (χ1n) is 1.72. The van der Waals surface area contributed by atoms with Crippen LogP contribution in [0.25, 0.3) is 0 Å². The summed E-state index contributed by atoms with van der Waals surface area (Å²) in [6.07, 6.45) is 2.43. The Labute approximate surface area is 42.2 Å². The van der Waals surface area contributed by atoms with Gasteiger partial charge in [0.05, 0.1) is 11.6 Å². The number of alkyl halides is 1. The highest BCUT2D eigenvalue weighted by molar-refractivity contribution is 6.21.